The third-order valence-electron chi connectivity index (χ3n) is 3.31. The van der Waals surface area contributed by atoms with E-state index in [0.29, 0.717) is 17.5 Å². The molecular formula is C15H19N3O2. The molecule has 2 aromatic rings. The van der Waals surface area contributed by atoms with Crippen molar-refractivity contribution < 1.29 is 9.90 Å². The summed E-state index contributed by atoms with van der Waals surface area (Å²) in [5.74, 6) is -0.284. The first-order valence-electron chi connectivity index (χ1n) is 6.73. The van der Waals surface area contributed by atoms with Crippen molar-refractivity contribution in [2.75, 3.05) is 6.61 Å². The first-order valence-corrected chi connectivity index (χ1v) is 6.73. The number of nitrogens with one attached hydrogen (secondary N) is 1. The number of aliphatic hydroxyl groups excluding tert-OH is 1. The van der Waals surface area contributed by atoms with Crippen molar-refractivity contribution in [1.29, 1.82) is 0 Å². The number of carbonyl (C=O) groups excluding carboxylic acids is 1. The standard InChI is InChI=1S/C15H19N3O2/c1-3-7-15(2,10-19)18-14(20)13-11-5-4-8-16-12(11)6-9-17-13/h4-6,8-9,19H,3,7,10H2,1-2H3,(H,18,20). The van der Waals surface area contributed by atoms with E-state index < -0.39 is 5.54 Å². The lowest BCUT2D eigenvalue weighted by molar-refractivity contribution is 0.0837. The molecule has 1 unspecified atom stereocenters. The van der Waals surface area contributed by atoms with Crippen molar-refractivity contribution in [2.24, 2.45) is 0 Å². The predicted octanol–water partition coefficient (Wildman–Crippen LogP) is 1.91. The average Bonchev–Trinajstić information content (AvgIpc) is 2.46. The molecule has 0 aliphatic heterocycles. The van der Waals surface area contributed by atoms with E-state index in [1.165, 1.54) is 0 Å². The maximum atomic E-state index is 12.4. The summed E-state index contributed by atoms with van der Waals surface area (Å²) in [6.45, 7) is 3.74. The zero-order chi connectivity index (χ0) is 14.6. The van der Waals surface area contributed by atoms with Crippen LogP contribution in [0.25, 0.3) is 10.9 Å². The molecule has 0 saturated heterocycles. The smallest absolute Gasteiger partial charge is 0.271 e. The van der Waals surface area contributed by atoms with Gasteiger partial charge in [-0.05, 0) is 31.5 Å². The Balaban J connectivity index is 2.32. The van der Waals surface area contributed by atoms with E-state index in [-0.39, 0.29) is 12.5 Å². The number of carbonyl (C=O) groups is 1. The summed E-state index contributed by atoms with van der Waals surface area (Å²) >= 11 is 0. The molecule has 0 aromatic carbocycles. The van der Waals surface area contributed by atoms with E-state index in [4.69, 9.17) is 0 Å². The van der Waals surface area contributed by atoms with Gasteiger partial charge in [0.15, 0.2) is 0 Å². The van der Waals surface area contributed by atoms with Crippen molar-refractivity contribution in [3.05, 3.63) is 36.3 Å². The number of aliphatic hydroxyl groups is 1. The van der Waals surface area contributed by atoms with Crippen LogP contribution in [0, 0.1) is 0 Å². The lowest BCUT2D eigenvalue weighted by Crippen LogP contribution is -2.49. The Morgan fingerprint density at radius 3 is 2.85 bits per heavy atom. The molecule has 2 rings (SSSR count). The Morgan fingerprint density at radius 1 is 1.35 bits per heavy atom. The second kappa shape index (κ2) is 5.96. The number of hydrogen-bond donors (Lipinski definition) is 2. The maximum Gasteiger partial charge on any atom is 0.271 e. The molecule has 0 saturated carbocycles. The third kappa shape index (κ3) is 2.93. The lowest BCUT2D eigenvalue weighted by Gasteiger charge is -2.28. The van der Waals surface area contributed by atoms with Crippen LogP contribution in [0.3, 0.4) is 0 Å². The minimum atomic E-state index is -0.627. The third-order valence-corrected chi connectivity index (χ3v) is 3.31. The van der Waals surface area contributed by atoms with Gasteiger partial charge in [0, 0.05) is 17.8 Å². The molecule has 0 radical (unpaired) electrons. The summed E-state index contributed by atoms with van der Waals surface area (Å²) in [5, 5.41) is 13.1. The minimum absolute atomic E-state index is 0.102. The fourth-order valence-corrected chi connectivity index (χ4v) is 2.25. The first kappa shape index (κ1) is 14.4. The van der Waals surface area contributed by atoms with Gasteiger partial charge in [0.25, 0.3) is 5.91 Å². The topological polar surface area (TPSA) is 75.1 Å². The summed E-state index contributed by atoms with van der Waals surface area (Å²) in [6, 6.07) is 5.36. The Bertz CT molecular complexity index is 610. The number of hydrogen-bond acceptors (Lipinski definition) is 4. The molecule has 106 valence electrons. The number of fused-ring (bicyclic) bond motifs is 1. The number of amides is 1. The van der Waals surface area contributed by atoms with Gasteiger partial charge in [0.2, 0.25) is 0 Å². The number of nitrogens with zero attached hydrogens (tertiary/aromatic N) is 2. The molecule has 5 nitrogen and oxygen atoms in total. The Kier molecular flexibility index (Phi) is 4.29. The SMILES string of the molecule is CCCC(C)(CO)NC(=O)c1nccc2ncccc12. The Labute approximate surface area is 118 Å². The van der Waals surface area contributed by atoms with Crippen LogP contribution >= 0.6 is 0 Å². The van der Waals surface area contributed by atoms with Gasteiger partial charge in [-0.2, -0.15) is 0 Å². The lowest BCUT2D eigenvalue weighted by atomic mass is 9.97. The van der Waals surface area contributed by atoms with Crippen LogP contribution in [0.1, 0.15) is 37.2 Å². The minimum Gasteiger partial charge on any atom is -0.394 e. The van der Waals surface area contributed by atoms with Crippen molar-refractivity contribution >= 4 is 16.8 Å². The highest BCUT2D eigenvalue weighted by molar-refractivity contribution is 6.04. The van der Waals surface area contributed by atoms with Crippen LogP contribution in [0.4, 0.5) is 0 Å². The predicted molar refractivity (Wildman–Crippen MR) is 77.4 cm³/mol. The van der Waals surface area contributed by atoms with Crippen LogP contribution in [-0.4, -0.2) is 33.1 Å². The fraction of sp³-hybridized carbons (Fsp3) is 0.400. The van der Waals surface area contributed by atoms with Crippen LogP contribution in [0.2, 0.25) is 0 Å². The van der Waals surface area contributed by atoms with Crippen molar-refractivity contribution in [3.8, 4) is 0 Å². The molecule has 2 N–H and O–H groups in total. The summed E-state index contributed by atoms with van der Waals surface area (Å²) in [6.07, 6.45) is 4.83. The van der Waals surface area contributed by atoms with Gasteiger partial charge in [-0.1, -0.05) is 13.3 Å². The van der Waals surface area contributed by atoms with Gasteiger partial charge in [-0.15, -0.1) is 0 Å². The van der Waals surface area contributed by atoms with Crippen LogP contribution in [-0.2, 0) is 0 Å². The van der Waals surface area contributed by atoms with E-state index in [0.717, 1.165) is 11.9 Å². The van der Waals surface area contributed by atoms with Gasteiger partial charge in [-0.3, -0.25) is 14.8 Å². The fourth-order valence-electron chi connectivity index (χ4n) is 2.25. The normalized spacial score (nSPS) is 13.9. The molecule has 1 atom stereocenters. The summed E-state index contributed by atoms with van der Waals surface area (Å²) in [5.41, 5.74) is 0.443. The highest BCUT2D eigenvalue weighted by atomic mass is 16.3. The van der Waals surface area contributed by atoms with E-state index in [1.807, 2.05) is 19.9 Å². The molecule has 2 heterocycles. The van der Waals surface area contributed by atoms with Gasteiger partial charge in [0.05, 0.1) is 17.7 Å². The Hall–Kier alpha value is -2.01. The van der Waals surface area contributed by atoms with Gasteiger partial charge in [0.1, 0.15) is 5.69 Å². The Morgan fingerprint density at radius 2 is 2.15 bits per heavy atom. The monoisotopic (exact) mass is 273 g/mol. The van der Waals surface area contributed by atoms with E-state index >= 15 is 0 Å². The average molecular weight is 273 g/mol. The molecule has 1 amide bonds. The molecule has 0 fully saturated rings. The summed E-state index contributed by atoms with van der Waals surface area (Å²) in [4.78, 5) is 20.8. The molecule has 0 aliphatic rings. The largest absolute Gasteiger partial charge is 0.394 e. The van der Waals surface area contributed by atoms with Crippen LogP contribution < -0.4 is 5.32 Å². The van der Waals surface area contributed by atoms with Crippen LogP contribution in [0.5, 0.6) is 0 Å². The van der Waals surface area contributed by atoms with E-state index in [9.17, 15) is 9.90 Å². The quantitative estimate of drug-likeness (QED) is 0.872. The van der Waals surface area contributed by atoms with Crippen molar-refractivity contribution in [1.82, 2.24) is 15.3 Å². The second-order valence-electron chi connectivity index (χ2n) is 5.15. The van der Waals surface area contributed by atoms with E-state index in [1.54, 1.807) is 24.5 Å². The molecule has 2 aromatic heterocycles. The summed E-state index contributed by atoms with van der Waals surface area (Å²) in [7, 11) is 0. The van der Waals surface area contributed by atoms with Gasteiger partial charge >= 0.3 is 0 Å². The van der Waals surface area contributed by atoms with E-state index in [2.05, 4.69) is 15.3 Å². The second-order valence-corrected chi connectivity index (χ2v) is 5.15. The molecular weight excluding hydrogens is 254 g/mol. The molecule has 0 aliphatic carbocycles. The van der Waals surface area contributed by atoms with Gasteiger partial charge < -0.3 is 10.4 Å². The zero-order valence-corrected chi connectivity index (χ0v) is 11.8. The van der Waals surface area contributed by atoms with Crippen molar-refractivity contribution in [3.63, 3.8) is 0 Å². The first-order chi connectivity index (χ1) is 9.59. The maximum absolute atomic E-state index is 12.4. The highest BCUT2D eigenvalue weighted by Crippen LogP contribution is 2.17. The molecule has 20 heavy (non-hydrogen) atoms. The van der Waals surface area contributed by atoms with Crippen LogP contribution in [0.15, 0.2) is 30.6 Å². The molecule has 5 heteroatoms. The number of aromatic nitrogens is 2. The number of pyridine rings is 2. The summed E-state index contributed by atoms with van der Waals surface area (Å²) < 4.78 is 0. The highest BCUT2D eigenvalue weighted by Gasteiger charge is 2.26. The molecule has 0 bridgehead atoms. The zero-order valence-electron chi connectivity index (χ0n) is 11.8. The molecule has 0 spiro atoms. The van der Waals surface area contributed by atoms with Gasteiger partial charge in [-0.25, -0.2) is 0 Å². The number of rotatable bonds is 5. The van der Waals surface area contributed by atoms with Crippen molar-refractivity contribution in [2.45, 2.75) is 32.2 Å².